The first-order chi connectivity index (χ1) is 14.9. The molecule has 0 aliphatic carbocycles. The number of anilines is 1. The number of aromatic nitrogens is 2. The molecular weight excluding hydrogens is 434 g/mol. The van der Waals surface area contributed by atoms with E-state index in [-0.39, 0.29) is 17.2 Å². The van der Waals surface area contributed by atoms with E-state index in [1.54, 1.807) is 29.9 Å². The number of methoxy groups -OCH3 is 1. The molecule has 164 valence electrons. The summed E-state index contributed by atoms with van der Waals surface area (Å²) >= 11 is 7.32. The highest BCUT2D eigenvalue weighted by Crippen LogP contribution is 2.25. The minimum Gasteiger partial charge on any atom is -0.385 e. The van der Waals surface area contributed by atoms with Crippen molar-refractivity contribution in [2.24, 2.45) is 0 Å². The monoisotopic (exact) mass is 459 g/mol. The molecule has 31 heavy (non-hydrogen) atoms. The molecule has 3 rings (SSSR count). The van der Waals surface area contributed by atoms with Crippen molar-refractivity contribution < 1.29 is 9.53 Å². The Labute approximate surface area is 191 Å². The van der Waals surface area contributed by atoms with Gasteiger partial charge in [0.2, 0.25) is 5.91 Å². The molecule has 0 atom stereocenters. The molecular formula is C23H26ClN3O3S. The average Bonchev–Trinajstić information content (AvgIpc) is 2.74. The highest BCUT2D eigenvalue weighted by molar-refractivity contribution is 7.99. The number of thioether (sulfide) groups is 1. The van der Waals surface area contributed by atoms with Gasteiger partial charge in [-0.05, 0) is 42.2 Å². The maximum absolute atomic E-state index is 13.0. The van der Waals surface area contributed by atoms with Crippen molar-refractivity contribution in [3.05, 3.63) is 63.4 Å². The van der Waals surface area contributed by atoms with Crippen molar-refractivity contribution >= 4 is 45.9 Å². The van der Waals surface area contributed by atoms with Gasteiger partial charge in [-0.3, -0.25) is 14.2 Å². The molecule has 0 fully saturated rings. The van der Waals surface area contributed by atoms with E-state index in [4.69, 9.17) is 16.3 Å². The molecule has 0 saturated heterocycles. The van der Waals surface area contributed by atoms with E-state index < -0.39 is 0 Å². The lowest BCUT2D eigenvalue weighted by Crippen LogP contribution is -2.25. The Kier molecular flexibility index (Phi) is 8.12. The number of hydrogen-bond donors (Lipinski definition) is 1. The summed E-state index contributed by atoms with van der Waals surface area (Å²) in [5.41, 5.74) is 2.26. The smallest absolute Gasteiger partial charge is 0.262 e. The summed E-state index contributed by atoms with van der Waals surface area (Å²) in [4.78, 5) is 30.3. The summed E-state index contributed by atoms with van der Waals surface area (Å²) in [6, 6.07) is 12.8. The topological polar surface area (TPSA) is 73.2 Å². The van der Waals surface area contributed by atoms with Crippen molar-refractivity contribution in [3.8, 4) is 0 Å². The second-order valence-electron chi connectivity index (χ2n) is 7.44. The van der Waals surface area contributed by atoms with E-state index in [2.05, 4.69) is 24.1 Å². The maximum atomic E-state index is 13.0. The van der Waals surface area contributed by atoms with Crippen molar-refractivity contribution in [1.29, 1.82) is 0 Å². The molecule has 8 heteroatoms. The molecule has 1 heterocycles. The van der Waals surface area contributed by atoms with Gasteiger partial charge in [0.15, 0.2) is 5.16 Å². The fraction of sp³-hybridized carbons (Fsp3) is 0.348. The summed E-state index contributed by atoms with van der Waals surface area (Å²) in [7, 11) is 1.62. The zero-order valence-corrected chi connectivity index (χ0v) is 19.4. The van der Waals surface area contributed by atoms with E-state index >= 15 is 0 Å². The van der Waals surface area contributed by atoms with Crippen LogP contribution in [0.15, 0.2) is 52.4 Å². The van der Waals surface area contributed by atoms with Crippen LogP contribution in [-0.2, 0) is 16.1 Å². The second kappa shape index (κ2) is 10.8. The first-order valence-corrected chi connectivity index (χ1v) is 11.5. The van der Waals surface area contributed by atoms with Crippen LogP contribution in [-0.4, -0.2) is 34.9 Å². The average molecular weight is 460 g/mol. The Balaban J connectivity index is 1.83. The quantitative estimate of drug-likeness (QED) is 0.278. The predicted octanol–water partition coefficient (Wildman–Crippen LogP) is 4.94. The number of benzene rings is 2. The highest BCUT2D eigenvalue weighted by Gasteiger charge is 2.15. The molecule has 1 amide bonds. The highest BCUT2D eigenvalue weighted by atomic mass is 35.5. The maximum Gasteiger partial charge on any atom is 0.262 e. The number of amides is 1. The molecule has 1 N–H and O–H groups in total. The molecule has 0 saturated carbocycles. The van der Waals surface area contributed by atoms with Crippen LogP contribution in [0.2, 0.25) is 5.02 Å². The Morgan fingerprint density at radius 2 is 2.03 bits per heavy atom. The van der Waals surface area contributed by atoms with Crippen LogP contribution in [0.4, 0.5) is 5.69 Å². The zero-order chi connectivity index (χ0) is 22.4. The zero-order valence-electron chi connectivity index (χ0n) is 17.9. The fourth-order valence-corrected chi connectivity index (χ4v) is 4.27. The van der Waals surface area contributed by atoms with E-state index in [9.17, 15) is 9.59 Å². The van der Waals surface area contributed by atoms with Gasteiger partial charge in [0, 0.05) is 31.0 Å². The molecule has 0 bridgehead atoms. The molecule has 1 aromatic heterocycles. The molecule has 0 aliphatic heterocycles. The van der Waals surface area contributed by atoms with Crippen LogP contribution in [0.3, 0.4) is 0 Å². The number of carbonyl (C=O) groups is 1. The predicted molar refractivity (Wildman–Crippen MR) is 127 cm³/mol. The van der Waals surface area contributed by atoms with Crippen LogP contribution in [0.1, 0.15) is 31.7 Å². The lowest BCUT2D eigenvalue weighted by Gasteiger charge is -2.15. The van der Waals surface area contributed by atoms with Crippen molar-refractivity contribution in [2.75, 3.05) is 24.8 Å². The van der Waals surface area contributed by atoms with Gasteiger partial charge in [-0.1, -0.05) is 55.4 Å². The molecule has 2 aromatic carbocycles. The van der Waals surface area contributed by atoms with Crippen LogP contribution in [0.25, 0.3) is 10.9 Å². The van der Waals surface area contributed by atoms with Gasteiger partial charge in [0.25, 0.3) is 5.56 Å². The van der Waals surface area contributed by atoms with Crippen LogP contribution in [0, 0.1) is 0 Å². The minimum atomic E-state index is -0.151. The number of ether oxygens (including phenoxy) is 1. The number of fused-ring (bicyclic) bond motifs is 1. The van der Waals surface area contributed by atoms with E-state index in [1.165, 1.54) is 11.8 Å². The Morgan fingerprint density at radius 1 is 1.26 bits per heavy atom. The van der Waals surface area contributed by atoms with E-state index in [0.717, 1.165) is 11.3 Å². The molecule has 0 aliphatic rings. The molecule has 0 radical (unpaired) electrons. The number of carbonyl (C=O) groups excluding carboxylic acids is 1. The number of hydrogen-bond acceptors (Lipinski definition) is 5. The summed E-state index contributed by atoms with van der Waals surface area (Å²) in [5, 5.41) is 4.48. The first-order valence-electron chi connectivity index (χ1n) is 10.1. The number of rotatable bonds is 9. The van der Waals surface area contributed by atoms with Crippen molar-refractivity contribution in [3.63, 3.8) is 0 Å². The lowest BCUT2D eigenvalue weighted by atomic mass is 10.0. The van der Waals surface area contributed by atoms with E-state index in [0.29, 0.717) is 46.6 Å². The second-order valence-corrected chi connectivity index (χ2v) is 8.82. The Bertz CT molecular complexity index is 1130. The Morgan fingerprint density at radius 3 is 2.77 bits per heavy atom. The summed E-state index contributed by atoms with van der Waals surface area (Å²) in [6.45, 7) is 5.16. The number of halogens is 1. The van der Waals surface area contributed by atoms with E-state index in [1.807, 2.05) is 24.3 Å². The molecule has 0 spiro atoms. The van der Waals surface area contributed by atoms with Gasteiger partial charge in [-0.2, -0.15) is 0 Å². The third kappa shape index (κ3) is 5.87. The van der Waals surface area contributed by atoms with Gasteiger partial charge in [0.05, 0.1) is 16.7 Å². The van der Waals surface area contributed by atoms with Crippen LogP contribution < -0.4 is 10.9 Å². The molecule has 3 aromatic rings. The van der Waals surface area contributed by atoms with Gasteiger partial charge >= 0.3 is 0 Å². The van der Waals surface area contributed by atoms with Gasteiger partial charge in [-0.25, -0.2) is 4.98 Å². The van der Waals surface area contributed by atoms with Crippen LogP contribution in [0.5, 0.6) is 0 Å². The SMILES string of the molecule is COCCCn1c(SCC(=O)Nc2ccccc2C(C)C)nc2cc(Cl)ccc2c1=O. The molecule has 0 unspecified atom stereocenters. The third-order valence-corrected chi connectivity index (χ3v) is 6.01. The summed E-state index contributed by atoms with van der Waals surface area (Å²) < 4.78 is 6.72. The van der Waals surface area contributed by atoms with Crippen molar-refractivity contribution in [1.82, 2.24) is 9.55 Å². The normalized spacial score (nSPS) is 11.3. The summed E-state index contributed by atoms with van der Waals surface area (Å²) in [6.07, 6.45) is 0.665. The lowest BCUT2D eigenvalue weighted by molar-refractivity contribution is -0.113. The Hall–Kier alpha value is -2.35. The number of nitrogens with zero attached hydrogens (tertiary/aromatic N) is 2. The van der Waals surface area contributed by atoms with Gasteiger partial charge < -0.3 is 10.1 Å². The first kappa shape index (κ1) is 23.3. The van der Waals surface area contributed by atoms with Gasteiger partial charge in [0.1, 0.15) is 0 Å². The fourth-order valence-electron chi connectivity index (χ4n) is 3.28. The largest absolute Gasteiger partial charge is 0.385 e. The molecule has 6 nitrogen and oxygen atoms in total. The standard InChI is InChI=1S/C23H26ClN3O3S/c1-15(2)17-7-4-5-8-19(17)25-21(28)14-31-23-26-20-13-16(24)9-10-18(20)22(29)27(23)11-6-12-30-3/h4-5,7-10,13,15H,6,11-12,14H2,1-3H3,(H,25,28). The summed E-state index contributed by atoms with van der Waals surface area (Å²) in [5.74, 6) is 0.277. The number of para-hydroxylation sites is 1. The van der Waals surface area contributed by atoms with Crippen molar-refractivity contribution in [2.45, 2.75) is 37.9 Å². The third-order valence-electron chi connectivity index (χ3n) is 4.80. The van der Waals surface area contributed by atoms with Gasteiger partial charge in [-0.15, -0.1) is 0 Å². The number of nitrogens with one attached hydrogen (secondary N) is 1. The minimum absolute atomic E-state index is 0.134. The van der Waals surface area contributed by atoms with Crippen LogP contribution >= 0.6 is 23.4 Å².